The van der Waals surface area contributed by atoms with Gasteiger partial charge in [-0.15, -0.1) is 0 Å². The van der Waals surface area contributed by atoms with Crippen LogP contribution in [0.15, 0.2) is 63.9 Å². The molecule has 1 aliphatic rings. The second-order valence-electron chi connectivity index (χ2n) is 9.21. The summed E-state index contributed by atoms with van der Waals surface area (Å²) in [5.41, 5.74) is 1.12. The van der Waals surface area contributed by atoms with E-state index in [0.717, 1.165) is 24.3 Å². The molecule has 2 atom stereocenters. The van der Waals surface area contributed by atoms with E-state index < -0.39 is 33.4 Å². The zero-order valence-electron chi connectivity index (χ0n) is 20.2. The Morgan fingerprint density at radius 3 is 2.29 bits per heavy atom. The Morgan fingerprint density at radius 1 is 1.09 bits per heavy atom. The number of amides is 2. The molecule has 1 N–H and O–H groups in total. The Bertz CT molecular complexity index is 1100. The molecule has 184 valence electrons. The van der Waals surface area contributed by atoms with Crippen LogP contribution in [0.3, 0.4) is 0 Å². The van der Waals surface area contributed by atoms with E-state index in [1.807, 2.05) is 42.5 Å². The zero-order valence-corrected chi connectivity index (χ0v) is 21.0. The number of rotatable bonds is 6. The maximum Gasteiger partial charge on any atom is 0.408 e. The minimum absolute atomic E-state index is 0.202. The average molecular weight is 488 g/mol. The highest BCUT2D eigenvalue weighted by atomic mass is 32.2. The van der Waals surface area contributed by atoms with Gasteiger partial charge < -0.3 is 19.7 Å². The van der Waals surface area contributed by atoms with Crippen molar-refractivity contribution in [2.45, 2.75) is 43.7 Å². The van der Waals surface area contributed by atoms with Crippen molar-refractivity contribution in [1.29, 1.82) is 0 Å². The molecule has 2 amide bonds. The van der Waals surface area contributed by atoms with Crippen LogP contribution in [0, 0.1) is 0 Å². The summed E-state index contributed by atoms with van der Waals surface area (Å²) in [6.07, 6.45) is 0.907. The van der Waals surface area contributed by atoms with Crippen LogP contribution >= 0.6 is 0 Å². The number of anilines is 1. The van der Waals surface area contributed by atoms with E-state index in [9.17, 15) is 13.8 Å². The van der Waals surface area contributed by atoms with Crippen molar-refractivity contribution >= 4 is 27.4 Å². The number of morpholine rings is 1. The van der Waals surface area contributed by atoms with Gasteiger partial charge in [0.2, 0.25) is 0 Å². The van der Waals surface area contributed by atoms with E-state index in [1.54, 1.807) is 32.9 Å². The lowest BCUT2D eigenvalue weighted by Crippen LogP contribution is -2.44. The van der Waals surface area contributed by atoms with Gasteiger partial charge in [0.25, 0.3) is 5.91 Å². The third kappa shape index (κ3) is 7.56. The highest BCUT2D eigenvalue weighted by Crippen LogP contribution is 2.20. The Balaban J connectivity index is 1.81. The number of alkyl carbamates (subject to hydrolysis) is 1. The fourth-order valence-corrected chi connectivity index (χ4v) is 4.74. The summed E-state index contributed by atoms with van der Waals surface area (Å²) in [5, 5.41) is 2.60. The van der Waals surface area contributed by atoms with Gasteiger partial charge in [0.1, 0.15) is 11.6 Å². The van der Waals surface area contributed by atoms with E-state index in [0.29, 0.717) is 18.1 Å². The quantitative estimate of drug-likeness (QED) is 0.668. The molecule has 2 aromatic rings. The molecule has 2 aromatic carbocycles. The highest BCUT2D eigenvalue weighted by molar-refractivity contribution is 7.93. The summed E-state index contributed by atoms with van der Waals surface area (Å²) in [5.74, 6) is -0.667. The van der Waals surface area contributed by atoms with Gasteiger partial charge in [-0.05, 0) is 50.6 Å². The van der Waals surface area contributed by atoms with E-state index in [4.69, 9.17) is 9.47 Å². The van der Waals surface area contributed by atoms with Crippen LogP contribution in [-0.2, 0) is 30.4 Å². The predicted octanol–water partition coefficient (Wildman–Crippen LogP) is 3.64. The van der Waals surface area contributed by atoms with Crippen LogP contribution in [0.25, 0.3) is 0 Å². The zero-order chi connectivity index (χ0) is 24.8. The molecule has 0 bridgehead atoms. The van der Waals surface area contributed by atoms with E-state index >= 15 is 0 Å². The number of nitrogens with one attached hydrogen (secondary N) is 1. The molecule has 1 aliphatic heterocycles. The number of hydrogen-bond donors (Lipinski definition) is 1. The van der Waals surface area contributed by atoms with Gasteiger partial charge in [-0.2, -0.15) is 4.36 Å². The summed E-state index contributed by atoms with van der Waals surface area (Å²) in [4.78, 5) is 28.1. The fraction of sp³-hybridized carbons (Fsp3) is 0.440. The number of hydrogen-bond acceptors (Lipinski definition) is 6. The Hall–Kier alpha value is -2.91. The monoisotopic (exact) mass is 487 g/mol. The number of nitrogens with zero attached hydrogens (tertiary/aromatic N) is 2. The van der Waals surface area contributed by atoms with Crippen LogP contribution in [0.4, 0.5) is 10.5 Å². The van der Waals surface area contributed by atoms with Gasteiger partial charge in [0.05, 0.1) is 22.9 Å². The van der Waals surface area contributed by atoms with Crippen LogP contribution in [-0.4, -0.2) is 60.4 Å². The molecule has 9 heteroatoms. The third-order valence-corrected chi connectivity index (χ3v) is 6.86. The summed E-state index contributed by atoms with van der Waals surface area (Å²) in [6.45, 7) is 8.15. The number of carbonyl (C=O) groups is 2. The normalized spacial score (nSPS) is 16.8. The molecule has 0 spiro atoms. The first-order chi connectivity index (χ1) is 16.0. The summed E-state index contributed by atoms with van der Waals surface area (Å²) in [6, 6.07) is 15.5. The second-order valence-corrected chi connectivity index (χ2v) is 11.5. The second kappa shape index (κ2) is 11.0. The molecule has 3 rings (SSSR count). The van der Waals surface area contributed by atoms with Crippen molar-refractivity contribution in [3.8, 4) is 0 Å². The Kier molecular flexibility index (Phi) is 8.33. The number of ether oxygens (including phenoxy) is 2. The van der Waals surface area contributed by atoms with Crippen molar-refractivity contribution in [1.82, 2.24) is 5.32 Å². The van der Waals surface area contributed by atoms with Crippen molar-refractivity contribution in [3.05, 3.63) is 60.2 Å². The van der Waals surface area contributed by atoms with Crippen LogP contribution in [0.2, 0.25) is 0 Å². The average Bonchev–Trinajstić information content (AvgIpc) is 2.78. The first-order valence-electron chi connectivity index (χ1n) is 11.3. The molecule has 1 heterocycles. The van der Waals surface area contributed by atoms with Crippen LogP contribution in [0.1, 0.15) is 26.3 Å². The van der Waals surface area contributed by atoms with Crippen molar-refractivity contribution in [2.75, 3.05) is 37.5 Å². The summed E-state index contributed by atoms with van der Waals surface area (Å²) >= 11 is 0. The van der Waals surface area contributed by atoms with Crippen LogP contribution in [0.5, 0.6) is 0 Å². The first-order valence-corrected chi connectivity index (χ1v) is 13.2. The van der Waals surface area contributed by atoms with Gasteiger partial charge in [-0.25, -0.2) is 9.00 Å². The Morgan fingerprint density at radius 2 is 1.71 bits per heavy atom. The lowest BCUT2D eigenvalue weighted by molar-refractivity contribution is -0.119. The van der Waals surface area contributed by atoms with E-state index in [2.05, 4.69) is 14.6 Å². The lowest BCUT2D eigenvalue weighted by atomic mass is 10.1. The van der Waals surface area contributed by atoms with Gasteiger partial charge >= 0.3 is 6.09 Å². The smallest absolute Gasteiger partial charge is 0.408 e. The van der Waals surface area contributed by atoms with Gasteiger partial charge in [-0.1, -0.05) is 30.3 Å². The van der Waals surface area contributed by atoms with Crippen molar-refractivity contribution < 1.29 is 23.3 Å². The van der Waals surface area contributed by atoms with Gasteiger partial charge in [0.15, 0.2) is 0 Å². The predicted molar refractivity (Wildman–Crippen MR) is 133 cm³/mol. The standard InChI is InChI=1S/C25H33N3O5S/c1-25(2,3)33-24(30)26-22(18-19-8-6-5-7-9-19)23(29)27-34(4,31)21-12-10-20(11-13-21)28-14-16-32-17-15-28/h5-13,22H,14-18H2,1-4H3,(H,26,30)/t22-,34?/m0/s1. The minimum atomic E-state index is -3.03. The maximum absolute atomic E-state index is 13.4. The number of benzene rings is 2. The van der Waals surface area contributed by atoms with Crippen molar-refractivity contribution in [3.63, 3.8) is 0 Å². The molecule has 1 fully saturated rings. The third-order valence-electron chi connectivity index (χ3n) is 5.19. The molecule has 1 saturated heterocycles. The maximum atomic E-state index is 13.4. The molecule has 34 heavy (non-hydrogen) atoms. The lowest BCUT2D eigenvalue weighted by Gasteiger charge is -2.28. The summed E-state index contributed by atoms with van der Waals surface area (Å²) < 4.78 is 28.1. The fourth-order valence-electron chi connectivity index (χ4n) is 3.52. The molecule has 1 unspecified atom stereocenters. The summed E-state index contributed by atoms with van der Waals surface area (Å²) in [7, 11) is -3.03. The highest BCUT2D eigenvalue weighted by Gasteiger charge is 2.26. The Labute approximate surface area is 201 Å². The molecule has 0 aliphatic carbocycles. The molecule has 0 radical (unpaired) electrons. The molecule has 0 saturated carbocycles. The minimum Gasteiger partial charge on any atom is -0.444 e. The van der Waals surface area contributed by atoms with Gasteiger partial charge in [0, 0.05) is 36.3 Å². The largest absolute Gasteiger partial charge is 0.444 e. The SMILES string of the molecule is CC(C)(C)OC(=O)N[C@@H](Cc1ccccc1)C(=O)N=S(C)(=O)c1ccc(N2CCOCC2)cc1. The van der Waals surface area contributed by atoms with Gasteiger partial charge in [-0.3, -0.25) is 4.79 Å². The molecule has 8 nitrogen and oxygen atoms in total. The topological polar surface area (TPSA) is 97.3 Å². The molecular weight excluding hydrogens is 454 g/mol. The van der Waals surface area contributed by atoms with E-state index in [1.165, 1.54) is 6.26 Å². The number of carbonyl (C=O) groups excluding carboxylic acids is 2. The van der Waals surface area contributed by atoms with E-state index in [-0.39, 0.29) is 6.42 Å². The molecule has 0 aromatic heterocycles. The van der Waals surface area contributed by atoms with Crippen LogP contribution < -0.4 is 10.2 Å². The van der Waals surface area contributed by atoms with Crippen molar-refractivity contribution in [2.24, 2.45) is 4.36 Å². The molecular formula is C25H33N3O5S. The first kappa shape index (κ1) is 25.7.